The number of hydrogen-bond acceptors (Lipinski definition) is 9. The van der Waals surface area contributed by atoms with Crippen LogP contribution in [0.25, 0.3) is 11.3 Å². The topological polar surface area (TPSA) is 142 Å². The van der Waals surface area contributed by atoms with Gasteiger partial charge in [0.25, 0.3) is 5.91 Å². The summed E-state index contributed by atoms with van der Waals surface area (Å²) in [5, 5.41) is 15.9. The molecule has 2 atom stereocenters. The van der Waals surface area contributed by atoms with Crippen LogP contribution >= 0.6 is 11.6 Å². The number of aliphatic hydroxyl groups excluding tert-OH is 1. The average molecular weight is 592 g/mol. The maximum atomic E-state index is 14.0. The highest BCUT2D eigenvalue weighted by Crippen LogP contribution is 2.32. The maximum absolute atomic E-state index is 14.0. The number of aliphatic hydroxyl groups is 1. The van der Waals surface area contributed by atoms with Crippen molar-refractivity contribution in [1.82, 2.24) is 30.2 Å². The average Bonchev–Trinajstić information content (AvgIpc) is 3.31. The number of ether oxygens (including phenoxy) is 1. The van der Waals surface area contributed by atoms with E-state index in [1.54, 1.807) is 44.3 Å². The molecule has 0 unspecified atom stereocenters. The van der Waals surface area contributed by atoms with E-state index in [0.717, 1.165) is 5.56 Å². The van der Waals surface area contributed by atoms with Gasteiger partial charge in [0.15, 0.2) is 0 Å². The molecule has 1 aliphatic rings. The van der Waals surface area contributed by atoms with Crippen molar-refractivity contribution in [3.05, 3.63) is 88.2 Å². The van der Waals surface area contributed by atoms with Gasteiger partial charge >= 0.3 is 0 Å². The number of nitrogens with zero attached hydrogens (tertiary/aromatic N) is 5. The molecule has 0 fully saturated rings. The number of anilines is 2. The number of amides is 2. The van der Waals surface area contributed by atoms with Crippen LogP contribution in [0.1, 0.15) is 40.3 Å². The van der Waals surface area contributed by atoms with Crippen molar-refractivity contribution in [2.24, 2.45) is 0 Å². The summed E-state index contributed by atoms with van der Waals surface area (Å²) in [5.41, 5.74) is 2.49. The minimum atomic E-state index is -0.898. The summed E-state index contributed by atoms with van der Waals surface area (Å²) in [6.45, 7) is 3.09. The van der Waals surface area contributed by atoms with E-state index in [-0.39, 0.29) is 24.1 Å². The standard InChI is InChI=1S/C29H27ClFN7O4/c1-15(27(40)35-24(14-39)19-8-20(31)11-21(9-19)42-3)38-13-18-5-4-17(10-22(18)28(38)41)26-23(30)12-33-29(37-26)36-25-6-7-32-16(2)34-25/h4-12,15,24,39H,13-14H2,1-3H3,(H,35,40)(H,32,33,34,36,37)/t15-,24-/m1/s1. The number of carbonyl (C=O) groups is 2. The number of benzene rings is 2. The minimum Gasteiger partial charge on any atom is -0.497 e. The van der Waals surface area contributed by atoms with Crippen molar-refractivity contribution in [3.63, 3.8) is 0 Å². The molecular weight excluding hydrogens is 565 g/mol. The molecule has 0 radical (unpaired) electrons. The van der Waals surface area contributed by atoms with E-state index in [1.807, 2.05) is 0 Å². The molecule has 216 valence electrons. The summed E-state index contributed by atoms with van der Waals surface area (Å²) in [5.74, 6) is 0.198. The lowest BCUT2D eigenvalue weighted by Gasteiger charge is -2.26. The maximum Gasteiger partial charge on any atom is 0.255 e. The molecule has 2 aromatic carbocycles. The summed E-state index contributed by atoms with van der Waals surface area (Å²) in [6, 6.07) is 9.11. The molecule has 42 heavy (non-hydrogen) atoms. The van der Waals surface area contributed by atoms with Crippen LogP contribution in [-0.4, -0.2) is 61.5 Å². The zero-order valence-electron chi connectivity index (χ0n) is 22.9. The van der Waals surface area contributed by atoms with Crippen LogP contribution in [-0.2, 0) is 11.3 Å². The molecule has 0 aliphatic carbocycles. The van der Waals surface area contributed by atoms with Crippen molar-refractivity contribution >= 4 is 35.2 Å². The molecule has 2 amide bonds. The molecule has 5 rings (SSSR count). The number of carbonyl (C=O) groups excluding carboxylic acids is 2. The number of aromatic nitrogens is 4. The highest BCUT2D eigenvalue weighted by molar-refractivity contribution is 6.33. The largest absolute Gasteiger partial charge is 0.497 e. The van der Waals surface area contributed by atoms with Gasteiger partial charge in [0.2, 0.25) is 11.9 Å². The zero-order valence-corrected chi connectivity index (χ0v) is 23.7. The number of aryl methyl sites for hydroxylation is 1. The Morgan fingerprint density at radius 1 is 1.19 bits per heavy atom. The summed E-state index contributed by atoms with van der Waals surface area (Å²) >= 11 is 6.43. The Hall–Kier alpha value is -4.68. The van der Waals surface area contributed by atoms with Crippen molar-refractivity contribution in [1.29, 1.82) is 0 Å². The lowest BCUT2D eigenvalue weighted by molar-refractivity contribution is -0.126. The van der Waals surface area contributed by atoms with E-state index in [9.17, 15) is 19.1 Å². The van der Waals surface area contributed by atoms with Gasteiger partial charge in [0.05, 0.1) is 36.7 Å². The Morgan fingerprint density at radius 2 is 2.00 bits per heavy atom. The first-order valence-corrected chi connectivity index (χ1v) is 13.3. The first-order chi connectivity index (χ1) is 20.2. The molecule has 3 N–H and O–H groups in total. The molecule has 0 spiro atoms. The predicted octanol–water partition coefficient (Wildman–Crippen LogP) is 3.98. The molecule has 11 nitrogen and oxygen atoms in total. The van der Waals surface area contributed by atoms with E-state index in [0.29, 0.717) is 39.0 Å². The number of halogens is 2. The Balaban J connectivity index is 1.33. The zero-order chi connectivity index (χ0) is 30.0. The molecule has 4 aromatic rings. The molecule has 0 saturated heterocycles. The van der Waals surface area contributed by atoms with Gasteiger partial charge in [-0.3, -0.25) is 9.59 Å². The van der Waals surface area contributed by atoms with E-state index >= 15 is 0 Å². The van der Waals surface area contributed by atoms with Crippen LogP contribution < -0.4 is 15.4 Å². The van der Waals surface area contributed by atoms with E-state index in [1.165, 1.54) is 36.4 Å². The van der Waals surface area contributed by atoms with E-state index in [2.05, 4.69) is 30.6 Å². The number of methoxy groups -OCH3 is 1. The van der Waals surface area contributed by atoms with E-state index < -0.39 is 30.4 Å². The van der Waals surface area contributed by atoms with Crippen molar-refractivity contribution in [3.8, 4) is 17.0 Å². The van der Waals surface area contributed by atoms with Crippen molar-refractivity contribution < 1.29 is 23.8 Å². The van der Waals surface area contributed by atoms with Crippen LogP contribution in [0.2, 0.25) is 5.02 Å². The monoisotopic (exact) mass is 591 g/mol. The Morgan fingerprint density at radius 3 is 2.74 bits per heavy atom. The van der Waals surface area contributed by atoms with Gasteiger partial charge in [-0.05, 0) is 49.2 Å². The van der Waals surface area contributed by atoms with Gasteiger partial charge < -0.3 is 25.4 Å². The normalized spacial score (nSPS) is 13.9. The van der Waals surface area contributed by atoms with Crippen LogP contribution in [0.15, 0.2) is 54.9 Å². The summed E-state index contributed by atoms with van der Waals surface area (Å²) in [4.78, 5) is 45.1. The lowest BCUT2D eigenvalue weighted by Crippen LogP contribution is -2.46. The fourth-order valence-corrected chi connectivity index (χ4v) is 4.83. The summed E-state index contributed by atoms with van der Waals surface area (Å²) < 4.78 is 19.1. The van der Waals surface area contributed by atoms with Gasteiger partial charge in [-0.1, -0.05) is 23.7 Å². The van der Waals surface area contributed by atoms with Crippen molar-refractivity contribution in [2.75, 3.05) is 19.0 Å². The molecule has 0 bridgehead atoms. The molecule has 2 aromatic heterocycles. The highest BCUT2D eigenvalue weighted by Gasteiger charge is 2.35. The summed E-state index contributed by atoms with van der Waals surface area (Å²) in [7, 11) is 1.39. The minimum absolute atomic E-state index is 0.206. The Kier molecular flexibility index (Phi) is 8.27. The third-order valence-corrected chi connectivity index (χ3v) is 7.13. The number of hydrogen-bond donors (Lipinski definition) is 3. The van der Waals surface area contributed by atoms with Gasteiger partial charge in [-0.2, -0.15) is 0 Å². The lowest BCUT2D eigenvalue weighted by atomic mass is 10.0. The molecule has 13 heteroatoms. The Labute approximate surface area is 245 Å². The smallest absolute Gasteiger partial charge is 0.255 e. The third kappa shape index (κ3) is 5.99. The number of nitrogens with one attached hydrogen (secondary N) is 2. The molecule has 0 saturated carbocycles. The van der Waals surface area contributed by atoms with Gasteiger partial charge in [-0.25, -0.2) is 24.3 Å². The van der Waals surface area contributed by atoms with Gasteiger partial charge in [0.1, 0.15) is 29.3 Å². The van der Waals surface area contributed by atoms with Crippen LogP contribution in [0.5, 0.6) is 5.75 Å². The fraction of sp³-hybridized carbons (Fsp3) is 0.241. The fourth-order valence-electron chi connectivity index (χ4n) is 4.63. The second kappa shape index (κ2) is 12.0. The van der Waals surface area contributed by atoms with E-state index in [4.69, 9.17) is 16.3 Å². The van der Waals surface area contributed by atoms with Crippen LogP contribution in [0.4, 0.5) is 16.2 Å². The van der Waals surface area contributed by atoms with Crippen LogP contribution in [0.3, 0.4) is 0 Å². The first kappa shape index (κ1) is 28.8. The second-order valence-corrected chi connectivity index (χ2v) is 10.1. The predicted molar refractivity (Wildman–Crippen MR) is 153 cm³/mol. The quantitative estimate of drug-likeness (QED) is 0.263. The third-order valence-electron chi connectivity index (χ3n) is 6.85. The first-order valence-electron chi connectivity index (χ1n) is 13.0. The molecule has 3 heterocycles. The summed E-state index contributed by atoms with van der Waals surface area (Å²) in [6.07, 6.45) is 3.07. The highest BCUT2D eigenvalue weighted by atomic mass is 35.5. The van der Waals surface area contributed by atoms with Gasteiger partial charge in [0, 0.05) is 29.9 Å². The van der Waals surface area contributed by atoms with Gasteiger partial charge in [-0.15, -0.1) is 0 Å². The number of rotatable bonds is 9. The van der Waals surface area contributed by atoms with Crippen molar-refractivity contribution in [2.45, 2.75) is 32.5 Å². The molecule has 1 aliphatic heterocycles. The SMILES string of the molecule is COc1cc(F)cc([C@@H](CO)NC(=O)[C@@H](C)N2Cc3ccc(-c4nc(Nc5ccnc(C)n5)ncc4Cl)cc3C2=O)c1. The Bertz CT molecular complexity index is 1670. The molecular formula is C29H27ClFN7O4. The van der Waals surface area contributed by atoms with Crippen LogP contribution in [0, 0.1) is 12.7 Å². The number of fused-ring (bicyclic) bond motifs is 1. The second-order valence-electron chi connectivity index (χ2n) is 9.65.